The zero-order chi connectivity index (χ0) is 16.3. The number of nitrogens with two attached hydrogens (primary N) is 1. The van der Waals surface area contributed by atoms with E-state index in [2.05, 4.69) is 0 Å². The highest BCUT2D eigenvalue weighted by molar-refractivity contribution is 6.30. The number of likely N-dealkylation sites (tertiary alicyclic amines) is 1. The van der Waals surface area contributed by atoms with Crippen molar-refractivity contribution < 1.29 is 9.53 Å². The van der Waals surface area contributed by atoms with Crippen LogP contribution in [0.15, 0.2) is 24.3 Å². The first-order chi connectivity index (χ1) is 11.2. The molecule has 0 atom stereocenters. The fourth-order valence-corrected chi connectivity index (χ4v) is 3.51. The fourth-order valence-electron chi connectivity index (χ4n) is 3.38. The van der Waals surface area contributed by atoms with Crippen LogP contribution in [-0.2, 0) is 14.9 Å². The van der Waals surface area contributed by atoms with Gasteiger partial charge in [-0.25, -0.2) is 0 Å². The maximum Gasteiger partial charge on any atom is 0.233 e. The van der Waals surface area contributed by atoms with Gasteiger partial charge in [-0.15, -0.1) is 0 Å². The zero-order valence-corrected chi connectivity index (χ0v) is 14.2. The van der Waals surface area contributed by atoms with Gasteiger partial charge in [0.15, 0.2) is 0 Å². The van der Waals surface area contributed by atoms with Crippen molar-refractivity contribution >= 4 is 17.5 Å². The van der Waals surface area contributed by atoms with E-state index >= 15 is 0 Å². The van der Waals surface area contributed by atoms with Gasteiger partial charge in [-0.3, -0.25) is 4.79 Å². The Bertz CT molecular complexity index is 534. The Balaban J connectivity index is 1.56. The molecule has 5 heteroatoms. The molecule has 23 heavy (non-hydrogen) atoms. The van der Waals surface area contributed by atoms with Crippen LogP contribution in [0.25, 0.3) is 0 Å². The quantitative estimate of drug-likeness (QED) is 0.813. The Morgan fingerprint density at radius 3 is 2.48 bits per heavy atom. The van der Waals surface area contributed by atoms with Gasteiger partial charge in [0.05, 0.1) is 11.5 Å². The summed E-state index contributed by atoms with van der Waals surface area (Å²) >= 11 is 5.96. The fraction of sp³-hybridized carbons (Fsp3) is 0.611. The molecule has 0 aromatic heterocycles. The van der Waals surface area contributed by atoms with Crippen molar-refractivity contribution in [1.29, 1.82) is 0 Å². The number of halogens is 1. The highest BCUT2D eigenvalue weighted by Crippen LogP contribution is 2.50. The molecule has 0 unspecified atom stereocenters. The minimum atomic E-state index is -0.294. The lowest BCUT2D eigenvalue weighted by Gasteiger charge is -2.34. The summed E-state index contributed by atoms with van der Waals surface area (Å²) in [5, 5.41) is 0.715. The van der Waals surface area contributed by atoms with Gasteiger partial charge in [-0.05, 0) is 56.3 Å². The molecule has 0 radical (unpaired) electrons. The van der Waals surface area contributed by atoms with Crippen LogP contribution in [0.1, 0.15) is 37.7 Å². The highest BCUT2D eigenvalue weighted by atomic mass is 35.5. The summed E-state index contributed by atoms with van der Waals surface area (Å²) in [5.74, 6) is 0.278. The molecule has 1 heterocycles. The second-order valence-corrected chi connectivity index (χ2v) is 7.03. The van der Waals surface area contributed by atoms with Crippen molar-refractivity contribution in [2.24, 2.45) is 5.73 Å². The second-order valence-electron chi connectivity index (χ2n) is 6.59. The summed E-state index contributed by atoms with van der Waals surface area (Å²) in [4.78, 5) is 15.0. The first-order valence-corrected chi connectivity index (χ1v) is 8.90. The molecule has 1 amide bonds. The van der Waals surface area contributed by atoms with Crippen molar-refractivity contribution in [3.8, 4) is 0 Å². The van der Waals surface area contributed by atoms with E-state index in [0.717, 1.165) is 57.4 Å². The van der Waals surface area contributed by atoms with Crippen LogP contribution in [0.2, 0.25) is 5.02 Å². The molecule has 1 saturated carbocycles. The van der Waals surface area contributed by atoms with Crippen molar-refractivity contribution in [3.63, 3.8) is 0 Å². The summed E-state index contributed by atoms with van der Waals surface area (Å²) in [6.07, 6.45) is 4.91. The number of hydrogen-bond donors (Lipinski definition) is 1. The molecule has 1 aliphatic carbocycles. The zero-order valence-electron chi connectivity index (χ0n) is 13.5. The smallest absolute Gasteiger partial charge is 0.233 e. The van der Waals surface area contributed by atoms with Gasteiger partial charge < -0.3 is 15.4 Å². The molecular weight excluding hydrogens is 312 g/mol. The van der Waals surface area contributed by atoms with Gasteiger partial charge in [-0.1, -0.05) is 23.7 Å². The van der Waals surface area contributed by atoms with E-state index in [1.54, 1.807) is 0 Å². The first-order valence-electron chi connectivity index (χ1n) is 8.53. The van der Waals surface area contributed by atoms with Crippen LogP contribution in [0, 0.1) is 0 Å². The van der Waals surface area contributed by atoms with Crippen molar-refractivity contribution in [3.05, 3.63) is 34.9 Å². The van der Waals surface area contributed by atoms with Gasteiger partial charge in [0.25, 0.3) is 0 Å². The van der Waals surface area contributed by atoms with E-state index in [1.807, 2.05) is 29.2 Å². The summed E-state index contributed by atoms with van der Waals surface area (Å²) in [6, 6.07) is 7.75. The Morgan fingerprint density at radius 1 is 1.26 bits per heavy atom. The standard InChI is InChI=1S/C18H25ClN2O2/c19-15-4-2-14(3-5-15)18(8-9-18)17(22)21-11-6-16(7-12-21)23-13-1-10-20/h2-5,16H,1,6-13,20H2. The summed E-state index contributed by atoms with van der Waals surface area (Å²) in [7, 11) is 0. The van der Waals surface area contributed by atoms with Crippen LogP contribution in [0.5, 0.6) is 0 Å². The molecule has 1 aromatic rings. The largest absolute Gasteiger partial charge is 0.378 e. The third kappa shape index (κ3) is 3.70. The van der Waals surface area contributed by atoms with E-state index in [9.17, 15) is 4.79 Å². The summed E-state index contributed by atoms with van der Waals surface area (Å²) in [6.45, 7) is 2.98. The van der Waals surface area contributed by atoms with Crippen LogP contribution < -0.4 is 5.73 Å². The van der Waals surface area contributed by atoms with Crippen LogP contribution in [0.3, 0.4) is 0 Å². The van der Waals surface area contributed by atoms with Gasteiger partial charge in [-0.2, -0.15) is 0 Å². The monoisotopic (exact) mass is 336 g/mol. The Kier molecular flexibility index (Phi) is 5.24. The molecule has 3 rings (SSSR count). The molecule has 2 aliphatic rings. The second kappa shape index (κ2) is 7.20. The number of carbonyl (C=O) groups is 1. The topological polar surface area (TPSA) is 55.6 Å². The van der Waals surface area contributed by atoms with Crippen molar-refractivity contribution in [2.45, 2.75) is 43.6 Å². The average Bonchev–Trinajstić information content (AvgIpc) is 3.38. The molecule has 0 spiro atoms. The van der Waals surface area contributed by atoms with Gasteiger partial charge in [0.1, 0.15) is 0 Å². The van der Waals surface area contributed by atoms with Crippen LogP contribution >= 0.6 is 11.6 Å². The van der Waals surface area contributed by atoms with Crippen molar-refractivity contribution in [1.82, 2.24) is 4.90 Å². The SMILES string of the molecule is NCCCOC1CCN(C(=O)C2(c3ccc(Cl)cc3)CC2)CC1. The summed E-state index contributed by atoms with van der Waals surface area (Å²) in [5.41, 5.74) is 6.30. The Hall–Kier alpha value is -1.10. The van der Waals surface area contributed by atoms with E-state index in [4.69, 9.17) is 22.1 Å². The number of nitrogens with zero attached hydrogens (tertiary/aromatic N) is 1. The van der Waals surface area contributed by atoms with E-state index < -0.39 is 0 Å². The van der Waals surface area contributed by atoms with Crippen LogP contribution in [-0.4, -0.2) is 43.2 Å². The molecule has 1 saturated heterocycles. The van der Waals surface area contributed by atoms with E-state index in [1.165, 1.54) is 0 Å². The van der Waals surface area contributed by atoms with E-state index in [-0.39, 0.29) is 17.4 Å². The van der Waals surface area contributed by atoms with Gasteiger partial charge in [0.2, 0.25) is 5.91 Å². The van der Waals surface area contributed by atoms with Gasteiger partial charge >= 0.3 is 0 Å². The molecule has 2 N–H and O–H groups in total. The maximum atomic E-state index is 13.0. The lowest BCUT2D eigenvalue weighted by atomic mass is 9.93. The lowest BCUT2D eigenvalue weighted by Crippen LogP contribution is -2.45. The number of rotatable bonds is 6. The molecule has 2 fully saturated rings. The number of ether oxygens (including phenoxy) is 1. The maximum absolute atomic E-state index is 13.0. The Morgan fingerprint density at radius 2 is 1.91 bits per heavy atom. The molecule has 0 bridgehead atoms. The molecule has 1 aliphatic heterocycles. The number of piperidine rings is 1. The highest BCUT2D eigenvalue weighted by Gasteiger charge is 2.53. The normalized spacial score (nSPS) is 20.5. The molecule has 126 valence electrons. The predicted molar refractivity (Wildman–Crippen MR) is 91.6 cm³/mol. The third-order valence-corrected chi connectivity index (χ3v) is 5.24. The number of benzene rings is 1. The summed E-state index contributed by atoms with van der Waals surface area (Å²) < 4.78 is 5.82. The Labute approximate surface area is 142 Å². The number of amides is 1. The predicted octanol–water partition coefficient (Wildman–Crippen LogP) is 2.73. The molecule has 4 nitrogen and oxygen atoms in total. The number of hydrogen-bond acceptors (Lipinski definition) is 3. The minimum Gasteiger partial charge on any atom is -0.378 e. The third-order valence-electron chi connectivity index (χ3n) is 4.99. The molecular formula is C18H25ClN2O2. The average molecular weight is 337 g/mol. The first kappa shape index (κ1) is 16.7. The van der Waals surface area contributed by atoms with E-state index in [0.29, 0.717) is 11.6 Å². The number of carbonyl (C=O) groups excluding carboxylic acids is 1. The van der Waals surface area contributed by atoms with Crippen molar-refractivity contribution in [2.75, 3.05) is 26.2 Å². The lowest BCUT2D eigenvalue weighted by molar-refractivity contribution is -0.136. The minimum absolute atomic E-state index is 0.274. The van der Waals surface area contributed by atoms with Crippen LogP contribution in [0.4, 0.5) is 0 Å². The molecule has 1 aromatic carbocycles. The van der Waals surface area contributed by atoms with Gasteiger partial charge in [0, 0.05) is 24.7 Å².